The summed E-state index contributed by atoms with van der Waals surface area (Å²) in [4.78, 5) is 30.5. The number of hydrogen-bond acceptors (Lipinski definition) is 6. The Morgan fingerprint density at radius 3 is 2.78 bits per heavy atom. The van der Waals surface area contributed by atoms with Crippen molar-refractivity contribution < 1.29 is 18.4 Å². The lowest BCUT2D eigenvalue weighted by Gasteiger charge is -2.24. The number of nitrogens with one attached hydrogen (secondary N) is 1. The van der Waals surface area contributed by atoms with E-state index in [2.05, 4.69) is 15.4 Å². The van der Waals surface area contributed by atoms with Crippen LogP contribution in [0.3, 0.4) is 0 Å². The number of carbonyl (C=O) groups excluding carboxylic acids is 2. The summed E-state index contributed by atoms with van der Waals surface area (Å²) in [7, 11) is 0. The second-order valence-corrected chi connectivity index (χ2v) is 9.51. The quantitative estimate of drug-likeness (QED) is 0.648. The van der Waals surface area contributed by atoms with Crippen molar-refractivity contribution in [3.05, 3.63) is 41.4 Å². The molecule has 0 radical (unpaired) electrons. The third-order valence-corrected chi connectivity index (χ3v) is 6.38. The van der Waals surface area contributed by atoms with Gasteiger partial charge >= 0.3 is 0 Å². The summed E-state index contributed by atoms with van der Waals surface area (Å²) in [5.74, 6) is -4.47. The van der Waals surface area contributed by atoms with E-state index in [0.29, 0.717) is 22.7 Å². The Bertz CT molecular complexity index is 1010. The number of nitrogens with zero attached hydrogens (tertiary/aromatic N) is 4. The molecule has 11 heteroatoms. The molecule has 1 aliphatic heterocycles. The van der Waals surface area contributed by atoms with Gasteiger partial charge in [0, 0.05) is 18.0 Å². The fourth-order valence-electron chi connectivity index (χ4n) is 4.10. The first-order valence-corrected chi connectivity index (χ1v) is 10.8. The number of carbonyl (C=O) groups is 2. The van der Waals surface area contributed by atoms with Gasteiger partial charge in [0.1, 0.15) is 12.7 Å². The van der Waals surface area contributed by atoms with Crippen molar-refractivity contribution in [2.24, 2.45) is 11.1 Å². The van der Waals surface area contributed by atoms with E-state index < -0.39 is 42.8 Å². The molecule has 1 saturated carbocycles. The molecule has 2 atom stereocenters. The minimum atomic E-state index is -3.07. The lowest BCUT2D eigenvalue weighted by Crippen LogP contribution is -2.50. The number of alkyl halides is 2. The largest absolute Gasteiger partial charge is 0.320 e. The Balaban J connectivity index is 1.50. The first kappa shape index (κ1) is 22.8. The number of nitrogens with two attached hydrogens (primary N) is 1. The molecule has 172 valence electrons. The van der Waals surface area contributed by atoms with Crippen molar-refractivity contribution in [2.75, 3.05) is 6.54 Å². The maximum Gasteiger partial charge on any atom is 0.262 e. The number of aromatic nitrogens is 3. The molecule has 32 heavy (non-hydrogen) atoms. The molecule has 2 aliphatic rings. The highest BCUT2D eigenvalue weighted by molar-refractivity contribution is 6.30. The van der Waals surface area contributed by atoms with Crippen LogP contribution in [-0.4, -0.2) is 56.0 Å². The summed E-state index contributed by atoms with van der Waals surface area (Å²) in [6.45, 7) is 1.42. The van der Waals surface area contributed by atoms with Crippen LogP contribution in [0.15, 0.2) is 30.9 Å². The number of amides is 2. The molecular weight excluding hydrogens is 442 g/mol. The highest BCUT2D eigenvalue weighted by atomic mass is 35.5. The minimum Gasteiger partial charge on any atom is -0.320 e. The Morgan fingerprint density at radius 1 is 1.38 bits per heavy atom. The average molecular weight is 467 g/mol. The lowest BCUT2D eigenvalue weighted by atomic mass is 9.99. The minimum absolute atomic E-state index is 0.0156. The summed E-state index contributed by atoms with van der Waals surface area (Å²) in [6.07, 6.45) is 4.58. The third kappa shape index (κ3) is 5.13. The van der Waals surface area contributed by atoms with Crippen LogP contribution in [0.25, 0.3) is 5.69 Å². The van der Waals surface area contributed by atoms with E-state index in [1.807, 2.05) is 6.92 Å². The van der Waals surface area contributed by atoms with E-state index >= 15 is 0 Å². The highest BCUT2D eigenvalue weighted by Crippen LogP contribution is 2.48. The van der Waals surface area contributed by atoms with Crippen molar-refractivity contribution in [3.8, 4) is 5.69 Å². The molecule has 2 fully saturated rings. The Hall–Kier alpha value is -2.43. The number of imide groups is 1. The van der Waals surface area contributed by atoms with Gasteiger partial charge in [0.05, 0.1) is 24.3 Å². The molecule has 1 aromatic heterocycles. The maximum atomic E-state index is 14.3. The molecule has 2 aromatic rings. The summed E-state index contributed by atoms with van der Waals surface area (Å²) in [5, 5.41) is 6.75. The van der Waals surface area contributed by atoms with Gasteiger partial charge in [-0.2, -0.15) is 5.10 Å². The normalized spacial score (nSPS) is 22.5. The number of likely N-dealkylation sites (tertiary alicyclic amines) is 1. The molecular formula is C21H25ClF2N6O2. The zero-order chi connectivity index (χ0) is 23.1. The van der Waals surface area contributed by atoms with Crippen molar-refractivity contribution in [3.63, 3.8) is 0 Å². The van der Waals surface area contributed by atoms with Gasteiger partial charge in [0.25, 0.3) is 5.92 Å². The molecule has 1 aromatic carbocycles. The van der Waals surface area contributed by atoms with Crippen LogP contribution in [0, 0.1) is 5.41 Å². The van der Waals surface area contributed by atoms with Crippen molar-refractivity contribution in [2.45, 2.75) is 57.2 Å². The monoisotopic (exact) mass is 466 g/mol. The molecule has 0 bridgehead atoms. The number of rotatable bonds is 7. The number of halogens is 3. The van der Waals surface area contributed by atoms with E-state index in [9.17, 15) is 18.4 Å². The number of benzene rings is 1. The predicted octanol–water partition coefficient (Wildman–Crippen LogP) is 2.29. The molecule has 2 heterocycles. The SMILES string of the molecule is CC1(C[C@@H](N)C(=O)NC(=O)[C@@H]2CC(F)(F)CN2Cc2cc(Cl)ccc2-n2cncn2)CC1. The summed E-state index contributed by atoms with van der Waals surface area (Å²) in [5.41, 5.74) is 7.17. The van der Waals surface area contributed by atoms with Gasteiger partial charge in [-0.05, 0) is 48.4 Å². The lowest BCUT2D eigenvalue weighted by molar-refractivity contribution is -0.134. The van der Waals surface area contributed by atoms with E-state index in [1.54, 1.807) is 18.2 Å². The van der Waals surface area contributed by atoms with Crippen molar-refractivity contribution >= 4 is 23.4 Å². The van der Waals surface area contributed by atoms with Crippen LogP contribution in [0.5, 0.6) is 0 Å². The van der Waals surface area contributed by atoms with Gasteiger partial charge in [-0.3, -0.25) is 19.8 Å². The molecule has 1 saturated heterocycles. The van der Waals surface area contributed by atoms with Crippen molar-refractivity contribution in [1.29, 1.82) is 0 Å². The van der Waals surface area contributed by atoms with Gasteiger partial charge < -0.3 is 5.73 Å². The molecule has 4 rings (SSSR count). The summed E-state index contributed by atoms with van der Waals surface area (Å²) >= 11 is 6.13. The first-order valence-electron chi connectivity index (χ1n) is 10.4. The van der Waals surface area contributed by atoms with Gasteiger partial charge in [-0.25, -0.2) is 18.4 Å². The van der Waals surface area contributed by atoms with Crippen LogP contribution < -0.4 is 11.1 Å². The molecule has 1 aliphatic carbocycles. The predicted molar refractivity (Wildman–Crippen MR) is 113 cm³/mol. The van der Waals surface area contributed by atoms with E-state index in [0.717, 1.165) is 12.8 Å². The fourth-order valence-corrected chi connectivity index (χ4v) is 4.30. The van der Waals surface area contributed by atoms with Gasteiger partial charge in [-0.1, -0.05) is 18.5 Å². The summed E-state index contributed by atoms with van der Waals surface area (Å²) in [6, 6.07) is 2.97. The standard InChI is InChI=1S/C21H25ClF2N6O2/c1-20(4-5-20)7-15(25)18(31)28-19(32)17-8-21(23,24)10-29(17)9-13-6-14(22)2-3-16(13)30-12-26-11-27-30/h2-3,6,11-12,15,17H,4-5,7-10,25H2,1H3,(H,28,31,32)/t15-,17+/m1/s1. The van der Waals surface area contributed by atoms with E-state index in [1.165, 1.54) is 22.2 Å². The van der Waals surface area contributed by atoms with Gasteiger partial charge in [-0.15, -0.1) is 0 Å². The van der Waals surface area contributed by atoms with Crippen LogP contribution in [0.4, 0.5) is 8.78 Å². The van der Waals surface area contributed by atoms with E-state index in [-0.39, 0.29) is 12.0 Å². The smallest absolute Gasteiger partial charge is 0.262 e. The Labute approximate surface area is 189 Å². The molecule has 8 nitrogen and oxygen atoms in total. The first-order chi connectivity index (χ1) is 15.1. The zero-order valence-electron chi connectivity index (χ0n) is 17.6. The fraction of sp³-hybridized carbons (Fsp3) is 0.524. The Kier molecular flexibility index (Phi) is 6.04. The van der Waals surface area contributed by atoms with Gasteiger partial charge in [0.2, 0.25) is 11.8 Å². The average Bonchev–Trinajstić information content (AvgIpc) is 3.10. The van der Waals surface area contributed by atoms with Crippen LogP contribution in [0.2, 0.25) is 5.02 Å². The maximum absolute atomic E-state index is 14.3. The molecule has 0 spiro atoms. The zero-order valence-corrected chi connectivity index (χ0v) is 18.4. The molecule has 2 amide bonds. The van der Waals surface area contributed by atoms with Crippen LogP contribution >= 0.6 is 11.6 Å². The second-order valence-electron chi connectivity index (χ2n) is 9.07. The summed E-state index contributed by atoms with van der Waals surface area (Å²) < 4.78 is 30.1. The van der Waals surface area contributed by atoms with Crippen molar-refractivity contribution in [1.82, 2.24) is 25.0 Å². The molecule has 0 unspecified atom stereocenters. The number of hydrogen-bond donors (Lipinski definition) is 2. The van der Waals surface area contributed by atoms with Crippen LogP contribution in [-0.2, 0) is 16.1 Å². The second kappa shape index (κ2) is 8.49. The third-order valence-electron chi connectivity index (χ3n) is 6.15. The highest BCUT2D eigenvalue weighted by Gasteiger charge is 2.48. The van der Waals surface area contributed by atoms with Crippen LogP contribution in [0.1, 0.15) is 38.2 Å². The molecule has 3 N–H and O–H groups in total. The van der Waals surface area contributed by atoms with Gasteiger partial charge in [0.15, 0.2) is 0 Å². The Morgan fingerprint density at radius 2 is 2.12 bits per heavy atom. The van der Waals surface area contributed by atoms with E-state index in [4.69, 9.17) is 17.3 Å². The topological polar surface area (TPSA) is 106 Å².